The number of nitrogens with one attached hydrogen (secondary N) is 1. The first kappa shape index (κ1) is 13.2. The van der Waals surface area contributed by atoms with Gasteiger partial charge in [0.05, 0.1) is 18.9 Å². The second-order valence-electron chi connectivity index (χ2n) is 3.99. The highest BCUT2D eigenvalue weighted by Gasteiger charge is 2.14. The summed E-state index contributed by atoms with van der Waals surface area (Å²) >= 11 is 0. The van der Waals surface area contributed by atoms with Crippen molar-refractivity contribution in [3.8, 4) is 0 Å². The van der Waals surface area contributed by atoms with Crippen LogP contribution in [0.2, 0.25) is 0 Å². The summed E-state index contributed by atoms with van der Waals surface area (Å²) in [6, 6.07) is 4.41. The number of hydrogen-bond acceptors (Lipinski definition) is 4. The highest BCUT2D eigenvalue weighted by Crippen LogP contribution is 2.14. The maximum Gasteiger partial charge on any atom is 0.120 e. The molecule has 1 rings (SSSR count). The lowest BCUT2D eigenvalue weighted by Gasteiger charge is -2.21. The summed E-state index contributed by atoms with van der Waals surface area (Å²) in [5, 5.41) is 3.48. The van der Waals surface area contributed by atoms with Gasteiger partial charge in [0, 0.05) is 13.2 Å². The maximum atomic E-state index is 5.51. The summed E-state index contributed by atoms with van der Waals surface area (Å²) in [4.78, 5) is 0. The molecule has 1 aromatic rings. The first-order valence-electron chi connectivity index (χ1n) is 5.76. The van der Waals surface area contributed by atoms with Crippen molar-refractivity contribution in [3.05, 3.63) is 24.2 Å². The molecule has 0 saturated heterocycles. The molecule has 1 aromatic heterocycles. The maximum absolute atomic E-state index is 5.51. The first-order valence-corrected chi connectivity index (χ1v) is 5.76. The van der Waals surface area contributed by atoms with E-state index in [0.717, 1.165) is 25.1 Å². The molecule has 2 atom stereocenters. The molecule has 0 aliphatic heterocycles. The van der Waals surface area contributed by atoms with Crippen LogP contribution in [0.3, 0.4) is 0 Å². The second-order valence-corrected chi connectivity index (χ2v) is 3.99. The van der Waals surface area contributed by atoms with Crippen LogP contribution >= 0.6 is 0 Å². The van der Waals surface area contributed by atoms with E-state index in [1.54, 1.807) is 13.4 Å². The van der Waals surface area contributed by atoms with Crippen molar-refractivity contribution < 1.29 is 9.15 Å². The summed E-state index contributed by atoms with van der Waals surface area (Å²) in [5.74, 6) is 0.953. The van der Waals surface area contributed by atoms with Crippen molar-refractivity contribution in [3.63, 3.8) is 0 Å². The number of nitrogens with two attached hydrogens (primary N) is 1. The lowest BCUT2D eigenvalue weighted by Crippen LogP contribution is -2.35. The van der Waals surface area contributed by atoms with E-state index in [4.69, 9.17) is 14.9 Å². The Morgan fingerprint density at radius 2 is 2.38 bits per heavy atom. The average Bonchev–Trinajstić information content (AvgIpc) is 2.79. The van der Waals surface area contributed by atoms with Gasteiger partial charge in [0.1, 0.15) is 5.76 Å². The van der Waals surface area contributed by atoms with E-state index in [1.807, 2.05) is 12.1 Å². The van der Waals surface area contributed by atoms with Gasteiger partial charge in [-0.1, -0.05) is 0 Å². The molecule has 1 heterocycles. The van der Waals surface area contributed by atoms with E-state index < -0.39 is 0 Å². The van der Waals surface area contributed by atoms with E-state index in [-0.39, 0.29) is 6.04 Å². The van der Waals surface area contributed by atoms with Crippen molar-refractivity contribution in [2.24, 2.45) is 5.73 Å². The Balaban J connectivity index is 2.40. The van der Waals surface area contributed by atoms with E-state index >= 15 is 0 Å². The standard InChI is InChI=1S/C12H22N2O2/c1-10(12-6-4-8-16-12)14-11(9-15-2)5-3-7-13/h4,6,8,10-11,14H,3,5,7,9,13H2,1-2H3/t10-,11?/m1/s1. The van der Waals surface area contributed by atoms with E-state index in [2.05, 4.69) is 12.2 Å². The van der Waals surface area contributed by atoms with Gasteiger partial charge in [-0.05, 0) is 38.4 Å². The van der Waals surface area contributed by atoms with Crippen LogP contribution in [-0.4, -0.2) is 26.3 Å². The van der Waals surface area contributed by atoms with Crippen LogP contribution in [0.15, 0.2) is 22.8 Å². The zero-order chi connectivity index (χ0) is 11.8. The third-order valence-corrected chi connectivity index (χ3v) is 2.58. The zero-order valence-electron chi connectivity index (χ0n) is 10.1. The Labute approximate surface area is 97.1 Å². The largest absolute Gasteiger partial charge is 0.468 e. The van der Waals surface area contributed by atoms with Gasteiger partial charge in [-0.15, -0.1) is 0 Å². The number of rotatable bonds is 8. The van der Waals surface area contributed by atoms with E-state index in [0.29, 0.717) is 12.6 Å². The molecule has 0 radical (unpaired) electrons. The summed E-state index contributed by atoms with van der Waals surface area (Å²) in [6.07, 6.45) is 3.72. The number of methoxy groups -OCH3 is 1. The molecular formula is C12H22N2O2. The van der Waals surface area contributed by atoms with Gasteiger partial charge in [-0.3, -0.25) is 0 Å². The summed E-state index contributed by atoms with van der Waals surface area (Å²) in [7, 11) is 1.72. The van der Waals surface area contributed by atoms with Crippen LogP contribution < -0.4 is 11.1 Å². The quantitative estimate of drug-likeness (QED) is 0.708. The fourth-order valence-electron chi connectivity index (χ4n) is 1.75. The van der Waals surface area contributed by atoms with Crippen LogP contribution in [0.4, 0.5) is 0 Å². The van der Waals surface area contributed by atoms with Crippen molar-refractivity contribution in [2.45, 2.75) is 31.8 Å². The lowest BCUT2D eigenvalue weighted by molar-refractivity contribution is 0.154. The van der Waals surface area contributed by atoms with Crippen molar-refractivity contribution >= 4 is 0 Å². The van der Waals surface area contributed by atoms with Gasteiger partial charge in [0.2, 0.25) is 0 Å². The van der Waals surface area contributed by atoms with Crippen molar-refractivity contribution in [1.29, 1.82) is 0 Å². The molecule has 0 saturated carbocycles. The molecule has 0 spiro atoms. The number of ether oxygens (including phenoxy) is 1. The van der Waals surface area contributed by atoms with Gasteiger partial charge < -0.3 is 20.2 Å². The average molecular weight is 226 g/mol. The summed E-state index contributed by atoms with van der Waals surface area (Å²) in [5.41, 5.74) is 5.51. The molecule has 0 amide bonds. The normalized spacial score (nSPS) is 14.9. The van der Waals surface area contributed by atoms with Crippen molar-refractivity contribution in [1.82, 2.24) is 5.32 Å². The van der Waals surface area contributed by atoms with Gasteiger partial charge in [0.25, 0.3) is 0 Å². The predicted molar refractivity (Wildman–Crippen MR) is 64.2 cm³/mol. The topological polar surface area (TPSA) is 60.4 Å². The molecule has 16 heavy (non-hydrogen) atoms. The Bertz CT molecular complexity index is 262. The SMILES string of the molecule is COCC(CCCN)N[C@H](C)c1ccco1. The minimum atomic E-state index is 0.202. The molecule has 4 nitrogen and oxygen atoms in total. The minimum absolute atomic E-state index is 0.202. The van der Waals surface area contributed by atoms with Crippen LogP contribution in [0.5, 0.6) is 0 Å². The fourth-order valence-corrected chi connectivity index (χ4v) is 1.75. The second kappa shape index (κ2) is 7.44. The van der Waals surface area contributed by atoms with Gasteiger partial charge in [0.15, 0.2) is 0 Å². The molecule has 0 bridgehead atoms. The molecule has 0 aliphatic rings. The predicted octanol–water partition coefficient (Wildman–Crippen LogP) is 1.68. The molecular weight excluding hydrogens is 204 g/mol. The Morgan fingerprint density at radius 3 is 2.94 bits per heavy atom. The van der Waals surface area contributed by atoms with Crippen LogP contribution in [0.1, 0.15) is 31.6 Å². The van der Waals surface area contributed by atoms with Gasteiger partial charge >= 0.3 is 0 Å². The lowest BCUT2D eigenvalue weighted by atomic mass is 10.1. The van der Waals surface area contributed by atoms with Gasteiger partial charge in [-0.25, -0.2) is 0 Å². The fraction of sp³-hybridized carbons (Fsp3) is 0.667. The third kappa shape index (κ3) is 4.35. The Morgan fingerprint density at radius 1 is 1.56 bits per heavy atom. The van der Waals surface area contributed by atoms with E-state index in [9.17, 15) is 0 Å². The molecule has 3 N–H and O–H groups in total. The van der Waals surface area contributed by atoms with Crippen LogP contribution in [0.25, 0.3) is 0 Å². The highest BCUT2D eigenvalue weighted by molar-refractivity contribution is 5.03. The Hall–Kier alpha value is -0.840. The van der Waals surface area contributed by atoms with Crippen LogP contribution in [-0.2, 0) is 4.74 Å². The van der Waals surface area contributed by atoms with Crippen molar-refractivity contribution in [2.75, 3.05) is 20.3 Å². The zero-order valence-corrected chi connectivity index (χ0v) is 10.1. The van der Waals surface area contributed by atoms with Crippen LogP contribution in [0, 0.1) is 0 Å². The third-order valence-electron chi connectivity index (χ3n) is 2.58. The molecule has 4 heteroatoms. The monoisotopic (exact) mass is 226 g/mol. The molecule has 92 valence electrons. The first-order chi connectivity index (χ1) is 7.77. The molecule has 0 fully saturated rings. The molecule has 0 aromatic carbocycles. The smallest absolute Gasteiger partial charge is 0.120 e. The number of hydrogen-bond donors (Lipinski definition) is 2. The summed E-state index contributed by atoms with van der Waals surface area (Å²) < 4.78 is 10.5. The highest BCUT2D eigenvalue weighted by atomic mass is 16.5. The summed E-state index contributed by atoms with van der Waals surface area (Å²) in [6.45, 7) is 3.51. The minimum Gasteiger partial charge on any atom is -0.468 e. The Kier molecular flexibility index (Phi) is 6.15. The number of furan rings is 1. The van der Waals surface area contributed by atoms with E-state index in [1.165, 1.54) is 0 Å². The molecule has 1 unspecified atom stereocenters. The molecule has 0 aliphatic carbocycles. The van der Waals surface area contributed by atoms with Gasteiger partial charge in [-0.2, -0.15) is 0 Å².